The van der Waals surface area contributed by atoms with Gasteiger partial charge < -0.3 is 0 Å². The Morgan fingerprint density at radius 1 is 1.17 bits per heavy atom. The minimum absolute atomic E-state index is 0.174. The number of rotatable bonds is 4. The van der Waals surface area contributed by atoms with Crippen LogP contribution in [-0.4, -0.2) is 9.91 Å². The van der Waals surface area contributed by atoms with Gasteiger partial charge in [0.15, 0.2) is 0 Å². The van der Waals surface area contributed by atoms with Crippen molar-refractivity contribution in [3.05, 3.63) is 81.8 Å². The fraction of sp³-hybridized carbons (Fsp3) is 0.0714. The number of nitro groups is 1. The van der Waals surface area contributed by atoms with Crippen molar-refractivity contribution in [3.63, 3.8) is 0 Å². The zero-order chi connectivity index (χ0) is 12.8. The van der Waals surface area contributed by atoms with Crippen molar-refractivity contribution in [2.45, 2.75) is 6.42 Å². The predicted molar refractivity (Wildman–Crippen MR) is 69.4 cm³/mol. The second-order valence-electron chi connectivity index (χ2n) is 3.84. The first-order chi connectivity index (χ1) is 8.75. The SMILES string of the molecule is O=[N+]([O-])C(=Cc1ccncc1)Cc1ccccc1. The van der Waals surface area contributed by atoms with E-state index in [-0.39, 0.29) is 10.6 Å². The van der Waals surface area contributed by atoms with Crippen molar-refractivity contribution < 1.29 is 4.92 Å². The minimum Gasteiger partial charge on any atom is -0.265 e. The lowest BCUT2D eigenvalue weighted by Crippen LogP contribution is -2.02. The van der Waals surface area contributed by atoms with Gasteiger partial charge >= 0.3 is 0 Å². The highest BCUT2D eigenvalue weighted by Crippen LogP contribution is 2.12. The van der Waals surface area contributed by atoms with Crippen molar-refractivity contribution in [1.82, 2.24) is 4.98 Å². The number of nitrogens with zero attached hydrogens (tertiary/aromatic N) is 2. The maximum absolute atomic E-state index is 11.0. The molecule has 90 valence electrons. The quantitative estimate of drug-likeness (QED) is 0.609. The fourth-order valence-corrected chi connectivity index (χ4v) is 1.63. The Balaban J connectivity index is 2.25. The van der Waals surface area contributed by atoms with Crippen LogP contribution in [0.3, 0.4) is 0 Å². The second-order valence-corrected chi connectivity index (χ2v) is 3.84. The average molecular weight is 240 g/mol. The van der Waals surface area contributed by atoms with Crippen LogP contribution in [0.1, 0.15) is 11.1 Å². The largest absolute Gasteiger partial charge is 0.265 e. The second kappa shape index (κ2) is 5.72. The third-order valence-corrected chi connectivity index (χ3v) is 2.50. The summed E-state index contributed by atoms with van der Waals surface area (Å²) in [6, 6.07) is 12.9. The molecule has 0 spiro atoms. The fourth-order valence-electron chi connectivity index (χ4n) is 1.63. The molecular weight excluding hydrogens is 228 g/mol. The maximum atomic E-state index is 11.0. The van der Waals surface area contributed by atoms with Crippen molar-refractivity contribution >= 4 is 6.08 Å². The molecule has 1 aromatic heterocycles. The van der Waals surface area contributed by atoms with Crippen LogP contribution >= 0.6 is 0 Å². The van der Waals surface area contributed by atoms with Gasteiger partial charge in [0.05, 0.1) is 11.3 Å². The van der Waals surface area contributed by atoms with E-state index in [9.17, 15) is 10.1 Å². The van der Waals surface area contributed by atoms with Crippen LogP contribution in [0.25, 0.3) is 6.08 Å². The van der Waals surface area contributed by atoms with E-state index in [2.05, 4.69) is 4.98 Å². The van der Waals surface area contributed by atoms with Crippen LogP contribution in [0.15, 0.2) is 60.6 Å². The number of pyridine rings is 1. The molecule has 0 aliphatic rings. The summed E-state index contributed by atoms with van der Waals surface area (Å²) in [5.41, 5.74) is 1.88. The molecule has 2 rings (SSSR count). The molecule has 1 aromatic carbocycles. The number of allylic oxidation sites excluding steroid dienone is 1. The lowest BCUT2D eigenvalue weighted by Gasteiger charge is -2.00. The number of aromatic nitrogens is 1. The lowest BCUT2D eigenvalue weighted by atomic mass is 10.1. The molecule has 0 aliphatic carbocycles. The first-order valence-corrected chi connectivity index (χ1v) is 5.54. The monoisotopic (exact) mass is 240 g/mol. The normalized spacial score (nSPS) is 11.2. The summed E-state index contributed by atoms with van der Waals surface area (Å²) >= 11 is 0. The molecule has 0 saturated heterocycles. The Morgan fingerprint density at radius 3 is 2.44 bits per heavy atom. The number of hydrogen-bond donors (Lipinski definition) is 0. The smallest absolute Gasteiger partial charge is 0.251 e. The van der Waals surface area contributed by atoms with E-state index in [0.29, 0.717) is 6.42 Å². The van der Waals surface area contributed by atoms with Gasteiger partial charge in [0, 0.05) is 18.5 Å². The van der Waals surface area contributed by atoms with Crippen LogP contribution in [0, 0.1) is 10.1 Å². The lowest BCUT2D eigenvalue weighted by molar-refractivity contribution is -0.425. The third-order valence-electron chi connectivity index (χ3n) is 2.50. The molecule has 4 nitrogen and oxygen atoms in total. The van der Waals surface area contributed by atoms with E-state index < -0.39 is 0 Å². The molecular formula is C14H12N2O2. The van der Waals surface area contributed by atoms with Gasteiger partial charge in [-0.05, 0) is 23.3 Å². The molecule has 18 heavy (non-hydrogen) atoms. The topological polar surface area (TPSA) is 56.0 Å². The summed E-state index contributed by atoms with van der Waals surface area (Å²) in [6.45, 7) is 0. The maximum Gasteiger partial charge on any atom is 0.251 e. The summed E-state index contributed by atoms with van der Waals surface area (Å²) in [6.07, 6.45) is 5.13. The molecule has 4 heteroatoms. The van der Waals surface area contributed by atoms with Crippen molar-refractivity contribution in [1.29, 1.82) is 0 Å². The van der Waals surface area contributed by atoms with Crippen LogP contribution < -0.4 is 0 Å². The molecule has 0 unspecified atom stereocenters. The third kappa shape index (κ3) is 3.25. The van der Waals surface area contributed by atoms with Crippen molar-refractivity contribution in [3.8, 4) is 0 Å². The van der Waals surface area contributed by atoms with Crippen LogP contribution in [0.5, 0.6) is 0 Å². The summed E-state index contributed by atoms with van der Waals surface area (Å²) in [7, 11) is 0. The molecule has 0 radical (unpaired) electrons. The van der Waals surface area contributed by atoms with E-state index in [1.807, 2.05) is 30.3 Å². The predicted octanol–water partition coefficient (Wildman–Crippen LogP) is 2.94. The molecule has 2 aromatic rings. The highest BCUT2D eigenvalue weighted by Gasteiger charge is 2.11. The van der Waals surface area contributed by atoms with E-state index >= 15 is 0 Å². The standard InChI is InChI=1S/C14H12N2O2/c17-16(18)14(10-12-4-2-1-3-5-12)11-13-6-8-15-9-7-13/h1-9,11H,10H2. The highest BCUT2D eigenvalue weighted by atomic mass is 16.6. The van der Waals surface area contributed by atoms with E-state index in [4.69, 9.17) is 0 Å². The zero-order valence-corrected chi connectivity index (χ0v) is 9.69. The van der Waals surface area contributed by atoms with Crippen molar-refractivity contribution in [2.75, 3.05) is 0 Å². The van der Waals surface area contributed by atoms with Crippen LogP contribution in [-0.2, 0) is 6.42 Å². The Bertz CT molecular complexity index is 551. The van der Waals surface area contributed by atoms with Crippen LogP contribution in [0.2, 0.25) is 0 Å². The van der Waals surface area contributed by atoms with E-state index in [1.165, 1.54) is 0 Å². The first kappa shape index (κ1) is 12.0. The van der Waals surface area contributed by atoms with Gasteiger partial charge in [-0.25, -0.2) is 0 Å². The number of benzene rings is 1. The molecule has 0 bridgehead atoms. The summed E-state index contributed by atoms with van der Waals surface area (Å²) in [4.78, 5) is 14.6. The molecule has 0 aliphatic heterocycles. The van der Waals surface area contributed by atoms with Gasteiger partial charge in [-0.2, -0.15) is 0 Å². The number of hydrogen-bond acceptors (Lipinski definition) is 3. The van der Waals surface area contributed by atoms with Gasteiger partial charge in [0.2, 0.25) is 0 Å². The Labute approximate surface area is 105 Å². The Morgan fingerprint density at radius 2 is 1.83 bits per heavy atom. The minimum atomic E-state index is -0.340. The van der Waals surface area contributed by atoms with E-state index in [1.54, 1.807) is 30.6 Å². The van der Waals surface area contributed by atoms with Crippen LogP contribution in [0.4, 0.5) is 0 Å². The van der Waals surface area contributed by atoms with Gasteiger partial charge in [-0.15, -0.1) is 0 Å². The Kier molecular flexibility index (Phi) is 3.81. The summed E-state index contributed by atoms with van der Waals surface area (Å²) in [5.74, 6) is 0. The van der Waals surface area contributed by atoms with Gasteiger partial charge in [-0.3, -0.25) is 15.1 Å². The average Bonchev–Trinajstić information content (AvgIpc) is 2.40. The zero-order valence-electron chi connectivity index (χ0n) is 9.69. The Hall–Kier alpha value is -2.49. The molecule has 0 atom stereocenters. The van der Waals surface area contributed by atoms with Gasteiger partial charge in [0.1, 0.15) is 0 Å². The highest BCUT2D eigenvalue weighted by molar-refractivity contribution is 5.50. The van der Waals surface area contributed by atoms with Gasteiger partial charge in [-0.1, -0.05) is 30.3 Å². The first-order valence-electron chi connectivity index (χ1n) is 5.54. The summed E-state index contributed by atoms with van der Waals surface area (Å²) < 4.78 is 0. The van der Waals surface area contributed by atoms with E-state index in [0.717, 1.165) is 11.1 Å². The molecule has 1 heterocycles. The van der Waals surface area contributed by atoms with Gasteiger partial charge in [0.25, 0.3) is 5.70 Å². The molecule has 0 amide bonds. The molecule has 0 fully saturated rings. The van der Waals surface area contributed by atoms with Crippen molar-refractivity contribution in [2.24, 2.45) is 0 Å². The molecule has 0 N–H and O–H groups in total. The summed E-state index contributed by atoms with van der Waals surface area (Å²) in [5, 5.41) is 11.0. The molecule has 0 saturated carbocycles.